The molecule has 3 N–H and O–H groups in total. The summed E-state index contributed by atoms with van der Waals surface area (Å²) in [6.07, 6.45) is 88.9. The molecule has 0 spiro atoms. The minimum absolute atomic E-state index is 0.0237. The Morgan fingerprint density at radius 2 is 0.500 bits per heavy atom. The molecule has 2 atom stereocenters. The van der Waals surface area contributed by atoms with E-state index < -0.39 is 12.1 Å². The second kappa shape index (κ2) is 72.3. The van der Waals surface area contributed by atoms with Crippen LogP contribution in [0.3, 0.4) is 0 Å². The Hall–Kier alpha value is -1.14. The lowest BCUT2D eigenvalue weighted by Crippen LogP contribution is -2.45. The summed E-state index contributed by atoms with van der Waals surface area (Å²) in [6.45, 7) is 5.02. The summed E-state index contributed by atoms with van der Waals surface area (Å²) in [5, 5.41) is 23.4. The van der Waals surface area contributed by atoms with Crippen LogP contribution in [0.1, 0.15) is 450 Å². The van der Waals surface area contributed by atoms with Crippen LogP contribution in [0.2, 0.25) is 0 Å². The van der Waals surface area contributed by atoms with Gasteiger partial charge in [0.15, 0.2) is 0 Å². The largest absolute Gasteiger partial charge is 0.466 e. The first-order valence-corrected chi connectivity index (χ1v) is 38.3. The van der Waals surface area contributed by atoms with Gasteiger partial charge in [-0.25, -0.2) is 0 Å². The Morgan fingerprint density at radius 3 is 0.744 bits per heavy atom. The number of carbonyl (C=O) groups is 2. The van der Waals surface area contributed by atoms with E-state index in [2.05, 4.69) is 19.2 Å². The van der Waals surface area contributed by atoms with Crippen molar-refractivity contribution in [2.45, 2.75) is 463 Å². The summed E-state index contributed by atoms with van der Waals surface area (Å²) < 4.78 is 5.51. The summed E-state index contributed by atoms with van der Waals surface area (Å²) in [6, 6.07) is -0.539. The Morgan fingerprint density at radius 1 is 0.293 bits per heavy atom. The number of hydrogen-bond acceptors (Lipinski definition) is 5. The molecular weight excluding hydrogens is 1010 g/mol. The number of ether oxygens (including phenoxy) is 1. The second-order valence-electron chi connectivity index (χ2n) is 26.7. The van der Waals surface area contributed by atoms with Crippen molar-refractivity contribution < 1.29 is 24.5 Å². The van der Waals surface area contributed by atoms with Crippen molar-refractivity contribution >= 4 is 11.9 Å². The van der Waals surface area contributed by atoms with E-state index in [-0.39, 0.29) is 18.5 Å². The standard InChI is InChI=1S/C76H151NO5/c1-3-5-7-9-11-13-15-17-19-21-22-30-33-37-40-44-48-52-56-60-64-68-74(79)73(72-78)77-75(80)69-65-61-57-53-49-45-41-38-34-31-28-26-24-23-25-27-29-32-35-39-43-47-51-55-59-63-67-71-82-76(81)70-66-62-58-54-50-46-42-36-20-18-16-14-12-10-8-6-4-2/h73-74,78-79H,3-72H2,1-2H3,(H,77,80). The van der Waals surface area contributed by atoms with Gasteiger partial charge in [-0.2, -0.15) is 0 Å². The fourth-order valence-electron chi connectivity index (χ4n) is 12.6. The molecule has 0 aromatic heterocycles. The van der Waals surface area contributed by atoms with Crippen molar-refractivity contribution in [2.75, 3.05) is 13.2 Å². The first-order chi connectivity index (χ1) is 40.5. The molecule has 2 unspecified atom stereocenters. The van der Waals surface area contributed by atoms with E-state index in [9.17, 15) is 19.8 Å². The normalized spacial score (nSPS) is 12.4. The van der Waals surface area contributed by atoms with Crippen LogP contribution in [-0.2, 0) is 14.3 Å². The van der Waals surface area contributed by atoms with Crippen LogP contribution in [0.5, 0.6) is 0 Å². The highest BCUT2D eigenvalue weighted by Gasteiger charge is 2.20. The average molecular weight is 1160 g/mol. The fourth-order valence-corrected chi connectivity index (χ4v) is 12.6. The Balaban J connectivity index is 3.33. The van der Waals surface area contributed by atoms with Crippen LogP contribution in [0.25, 0.3) is 0 Å². The molecule has 6 nitrogen and oxygen atoms in total. The van der Waals surface area contributed by atoms with Crippen LogP contribution in [0.4, 0.5) is 0 Å². The molecule has 0 saturated carbocycles. The number of amides is 1. The monoisotopic (exact) mass is 1160 g/mol. The number of aliphatic hydroxyl groups excluding tert-OH is 2. The van der Waals surface area contributed by atoms with Gasteiger partial charge >= 0.3 is 5.97 Å². The van der Waals surface area contributed by atoms with Gasteiger partial charge in [-0.3, -0.25) is 9.59 Å². The third-order valence-electron chi connectivity index (χ3n) is 18.4. The second-order valence-corrected chi connectivity index (χ2v) is 26.7. The number of carbonyl (C=O) groups excluding carboxylic acids is 2. The van der Waals surface area contributed by atoms with E-state index >= 15 is 0 Å². The van der Waals surface area contributed by atoms with Crippen molar-refractivity contribution in [3.8, 4) is 0 Å². The minimum Gasteiger partial charge on any atom is -0.466 e. The zero-order valence-electron chi connectivity index (χ0n) is 56.3. The Bertz CT molecular complexity index is 1200. The molecule has 0 aliphatic heterocycles. The van der Waals surface area contributed by atoms with E-state index in [4.69, 9.17) is 4.74 Å². The number of unbranched alkanes of at least 4 members (excludes halogenated alkanes) is 62. The molecule has 490 valence electrons. The number of aliphatic hydroxyl groups is 2. The molecule has 0 aromatic rings. The lowest BCUT2D eigenvalue weighted by Gasteiger charge is -2.22. The molecule has 0 rings (SSSR count). The molecule has 0 saturated heterocycles. The third kappa shape index (κ3) is 68.0. The minimum atomic E-state index is -0.662. The van der Waals surface area contributed by atoms with Crippen LogP contribution >= 0.6 is 0 Å². The lowest BCUT2D eigenvalue weighted by atomic mass is 10.0. The first-order valence-electron chi connectivity index (χ1n) is 38.3. The smallest absolute Gasteiger partial charge is 0.305 e. The van der Waals surface area contributed by atoms with E-state index in [1.54, 1.807) is 0 Å². The molecule has 0 aliphatic rings. The Kier molecular flexibility index (Phi) is 71.3. The van der Waals surface area contributed by atoms with E-state index in [0.29, 0.717) is 25.9 Å². The number of esters is 1. The van der Waals surface area contributed by atoms with Gasteiger partial charge in [0.05, 0.1) is 25.4 Å². The van der Waals surface area contributed by atoms with Crippen LogP contribution in [-0.4, -0.2) is 47.4 Å². The number of rotatable bonds is 73. The molecule has 0 radical (unpaired) electrons. The molecule has 6 heteroatoms. The molecular formula is C76H151NO5. The summed E-state index contributed by atoms with van der Waals surface area (Å²) in [5.41, 5.74) is 0. The quantitative estimate of drug-likeness (QED) is 0.0417. The SMILES string of the molecule is CCCCCCCCCCCCCCCCCCCCCCCC(O)C(CO)NC(=O)CCCCCCCCCCCCCCCCCCCCCCCCCCCCCOC(=O)CCCCCCCCCCCCCCCCCCC. The maximum absolute atomic E-state index is 12.6. The van der Waals surface area contributed by atoms with Gasteiger partial charge in [-0.05, 0) is 25.7 Å². The van der Waals surface area contributed by atoms with Crippen molar-refractivity contribution in [3.63, 3.8) is 0 Å². The molecule has 0 aromatic carbocycles. The lowest BCUT2D eigenvalue weighted by molar-refractivity contribution is -0.143. The predicted molar refractivity (Wildman–Crippen MR) is 361 cm³/mol. The summed E-state index contributed by atoms with van der Waals surface area (Å²) in [7, 11) is 0. The molecule has 0 heterocycles. The van der Waals surface area contributed by atoms with Gasteiger partial charge in [0.2, 0.25) is 5.91 Å². The molecule has 0 fully saturated rings. The Labute approximate surface area is 515 Å². The molecule has 0 aliphatic carbocycles. The van der Waals surface area contributed by atoms with Gasteiger partial charge in [-0.1, -0.05) is 412 Å². The van der Waals surface area contributed by atoms with Crippen LogP contribution < -0.4 is 5.32 Å². The topological polar surface area (TPSA) is 95.9 Å². The highest BCUT2D eigenvalue weighted by molar-refractivity contribution is 5.76. The summed E-state index contributed by atoms with van der Waals surface area (Å²) in [5.74, 6) is -0.00263. The van der Waals surface area contributed by atoms with Crippen molar-refractivity contribution in [1.82, 2.24) is 5.32 Å². The summed E-state index contributed by atoms with van der Waals surface area (Å²) >= 11 is 0. The van der Waals surface area contributed by atoms with Crippen LogP contribution in [0.15, 0.2) is 0 Å². The highest BCUT2D eigenvalue weighted by Crippen LogP contribution is 2.20. The van der Waals surface area contributed by atoms with Crippen molar-refractivity contribution in [2.24, 2.45) is 0 Å². The maximum atomic E-state index is 12.6. The van der Waals surface area contributed by atoms with Crippen molar-refractivity contribution in [3.05, 3.63) is 0 Å². The average Bonchev–Trinajstić information content (AvgIpc) is 3.48. The maximum Gasteiger partial charge on any atom is 0.305 e. The van der Waals surface area contributed by atoms with E-state index in [0.717, 1.165) is 38.5 Å². The van der Waals surface area contributed by atoms with E-state index in [1.165, 1.54) is 379 Å². The number of nitrogens with one attached hydrogen (secondary N) is 1. The van der Waals surface area contributed by atoms with Crippen LogP contribution in [0, 0.1) is 0 Å². The summed E-state index contributed by atoms with van der Waals surface area (Å²) in [4.78, 5) is 24.7. The number of hydrogen-bond donors (Lipinski definition) is 3. The zero-order valence-corrected chi connectivity index (χ0v) is 56.3. The van der Waals surface area contributed by atoms with Crippen molar-refractivity contribution in [1.29, 1.82) is 0 Å². The highest BCUT2D eigenvalue weighted by atomic mass is 16.5. The zero-order chi connectivity index (χ0) is 59.2. The molecule has 1 amide bonds. The first kappa shape index (κ1) is 80.9. The van der Waals surface area contributed by atoms with Gasteiger partial charge < -0.3 is 20.3 Å². The predicted octanol–water partition coefficient (Wildman–Crippen LogP) is 24.9. The van der Waals surface area contributed by atoms with Gasteiger partial charge in [0.1, 0.15) is 0 Å². The molecule has 0 bridgehead atoms. The van der Waals surface area contributed by atoms with Gasteiger partial charge in [-0.15, -0.1) is 0 Å². The van der Waals surface area contributed by atoms with Gasteiger partial charge in [0, 0.05) is 12.8 Å². The molecule has 82 heavy (non-hydrogen) atoms. The van der Waals surface area contributed by atoms with E-state index in [1.807, 2.05) is 0 Å². The fraction of sp³-hybridized carbons (Fsp3) is 0.974. The third-order valence-corrected chi connectivity index (χ3v) is 18.4. The van der Waals surface area contributed by atoms with Gasteiger partial charge in [0.25, 0.3) is 0 Å².